The van der Waals surface area contributed by atoms with E-state index in [1.807, 2.05) is 31.2 Å². The third-order valence-corrected chi connectivity index (χ3v) is 3.01. The first-order chi connectivity index (χ1) is 10.7. The number of benzene rings is 1. The molecule has 0 aliphatic heterocycles. The molecule has 0 unspecified atom stereocenters. The van der Waals surface area contributed by atoms with Crippen LogP contribution in [0.15, 0.2) is 36.5 Å². The Morgan fingerprint density at radius 3 is 2.73 bits per heavy atom. The minimum absolute atomic E-state index is 0.217. The van der Waals surface area contributed by atoms with Crippen LogP contribution in [0.2, 0.25) is 0 Å². The highest BCUT2D eigenvalue weighted by molar-refractivity contribution is 5.92. The topological polar surface area (TPSA) is 76.1 Å². The van der Waals surface area contributed by atoms with E-state index in [1.165, 1.54) is 5.56 Å². The highest BCUT2D eigenvalue weighted by Gasteiger charge is 2.08. The van der Waals surface area contributed by atoms with Crippen LogP contribution in [0.3, 0.4) is 0 Å². The zero-order valence-corrected chi connectivity index (χ0v) is 12.8. The summed E-state index contributed by atoms with van der Waals surface area (Å²) in [5, 5.41) is 5.88. The molecule has 0 aliphatic rings. The van der Waals surface area contributed by atoms with Crippen LogP contribution in [-0.4, -0.2) is 36.1 Å². The van der Waals surface area contributed by atoms with Gasteiger partial charge in [-0.2, -0.15) is 0 Å². The number of methoxy groups -OCH3 is 1. The SMILES string of the molecule is COCCCNC(=O)c1ccnc(Nc2ccc(C)cc2)n1. The molecule has 2 N–H and O–H groups in total. The average Bonchev–Trinajstić information content (AvgIpc) is 2.54. The Bertz CT molecular complexity index is 614. The Morgan fingerprint density at radius 2 is 2.00 bits per heavy atom. The number of amides is 1. The third kappa shape index (κ3) is 4.82. The van der Waals surface area contributed by atoms with Crippen molar-refractivity contribution in [2.24, 2.45) is 0 Å². The molecule has 6 nitrogen and oxygen atoms in total. The molecular formula is C16H20N4O2. The molecule has 2 rings (SSSR count). The Morgan fingerprint density at radius 1 is 1.23 bits per heavy atom. The Hall–Kier alpha value is -2.47. The van der Waals surface area contributed by atoms with Crippen LogP contribution in [0.25, 0.3) is 0 Å². The van der Waals surface area contributed by atoms with Crippen molar-refractivity contribution >= 4 is 17.5 Å². The maximum atomic E-state index is 12.0. The number of hydrogen-bond acceptors (Lipinski definition) is 5. The largest absolute Gasteiger partial charge is 0.385 e. The number of carbonyl (C=O) groups excluding carboxylic acids is 1. The summed E-state index contributed by atoms with van der Waals surface area (Å²) in [7, 11) is 1.63. The number of aryl methyl sites for hydroxylation is 1. The molecule has 0 atom stereocenters. The second-order valence-corrected chi connectivity index (χ2v) is 4.86. The highest BCUT2D eigenvalue weighted by atomic mass is 16.5. The average molecular weight is 300 g/mol. The molecule has 1 aromatic carbocycles. The molecule has 1 aromatic heterocycles. The van der Waals surface area contributed by atoms with Gasteiger partial charge in [0.05, 0.1) is 0 Å². The van der Waals surface area contributed by atoms with E-state index in [0.29, 0.717) is 24.8 Å². The van der Waals surface area contributed by atoms with Gasteiger partial charge in [-0.1, -0.05) is 17.7 Å². The summed E-state index contributed by atoms with van der Waals surface area (Å²) >= 11 is 0. The quantitative estimate of drug-likeness (QED) is 0.767. The summed E-state index contributed by atoms with van der Waals surface area (Å²) in [6, 6.07) is 9.46. The normalized spacial score (nSPS) is 10.3. The number of rotatable bonds is 7. The summed E-state index contributed by atoms with van der Waals surface area (Å²) in [6.07, 6.45) is 2.33. The standard InChI is InChI=1S/C16H20N4O2/c1-12-4-6-13(7-5-12)19-16-18-10-8-14(20-16)15(21)17-9-3-11-22-2/h4-8,10H,3,9,11H2,1-2H3,(H,17,21)(H,18,19,20). The number of ether oxygens (including phenoxy) is 1. The Labute approximate surface area is 129 Å². The molecule has 116 valence electrons. The molecule has 1 amide bonds. The predicted molar refractivity (Wildman–Crippen MR) is 85.3 cm³/mol. The van der Waals surface area contributed by atoms with Crippen molar-refractivity contribution in [2.45, 2.75) is 13.3 Å². The van der Waals surface area contributed by atoms with Crippen LogP contribution in [0.1, 0.15) is 22.5 Å². The summed E-state index contributed by atoms with van der Waals surface area (Å²) < 4.78 is 4.94. The highest BCUT2D eigenvalue weighted by Crippen LogP contribution is 2.13. The van der Waals surface area contributed by atoms with Crippen molar-refractivity contribution in [1.29, 1.82) is 0 Å². The monoisotopic (exact) mass is 300 g/mol. The molecule has 22 heavy (non-hydrogen) atoms. The number of carbonyl (C=O) groups is 1. The van der Waals surface area contributed by atoms with Crippen LogP contribution in [0.5, 0.6) is 0 Å². The Kier molecular flexibility index (Phi) is 5.85. The summed E-state index contributed by atoms with van der Waals surface area (Å²) in [4.78, 5) is 20.3. The van der Waals surface area contributed by atoms with Gasteiger partial charge < -0.3 is 15.4 Å². The first-order valence-corrected chi connectivity index (χ1v) is 7.13. The molecule has 0 aliphatic carbocycles. The van der Waals surface area contributed by atoms with Gasteiger partial charge in [-0.25, -0.2) is 9.97 Å². The van der Waals surface area contributed by atoms with E-state index < -0.39 is 0 Å². The smallest absolute Gasteiger partial charge is 0.270 e. The van der Waals surface area contributed by atoms with Crippen molar-refractivity contribution in [3.8, 4) is 0 Å². The fourth-order valence-electron chi connectivity index (χ4n) is 1.82. The van der Waals surface area contributed by atoms with E-state index in [1.54, 1.807) is 19.4 Å². The second kappa shape index (κ2) is 8.09. The van der Waals surface area contributed by atoms with E-state index in [4.69, 9.17) is 4.74 Å². The minimum atomic E-state index is -0.217. The number of hydrogen-bond donors (Lipinski definition) is 2. The molecule has 1 heterocycles. The number of nitrogens with zero attached hydrogens (tertiary/aromatic N) is 2. The van der Waals surface area contributed by atoms with Gasteiger partial charge in [-0.3, -0.25) is 4.79 Å². The molecule has 6 heteroatoms. The van der Waals surface area contributed by atoms with Gasteiger partial charge in [0, 0.05) is 32.1 Å². The van der Waals surface area contributed by atoms with Crippen LogP contribution in [0.4, 0.5) is 11.6 Å². The van der Waals surface area contributed by atoms with Crippen molar-refractivity contribution in [3.05, 3.63) is 47.8 Å². The molecule has 0 spiro atoms. The zero-order chi connectivity index (χ0) is 15.8. The fourth-order valence-corrected chi connectivity index (χ4v) is 1.82. The van der Waals surface area contributed by atoms with Gasteiger partial charge in [0.25, 0.3) is 5.91 Å². The second-order valence-electron chi connectivity index (χ2n) is 4.86. The molecule has 0 saturated carbocycles. The fraction of sp³-hybridized carbons (Fsp3) is 0.312. The molecule has 2 aromatic rings. The lowest BCUT2D eigenvalue weighted by Crippen LogP contribution is -2.26. The van der Waals surface area contributed by atoms with Gasteiger partial charge in [0.1, 0.15) is 5.69 Å². The van der Waals surface area contributed by atoms with Crippen LogP contribution in [0, 0.1) is 6.92 Å². The maximum Gasteiger partial charge on any atom is 0.270 e. The van der Waals surface area contributed by atoms with Crippen LogP contribution >= 0.6 is 0 Å². The van der Waals surface area contributed by atoms with Crippen molar-refractivity contribution in [3.63, 3.8) is 0 Å². The van der Waals surface area contributed by atoms with Gasteiger partial charge in [-0.05, 0) is 31.5 Å². The van der Waals surface area contributed by atoms with Gasteiger partial charge in [0.15, 0.2) is 0 Å². The molecule has 0 bridgehead atoms. The first kappa shape index (κ1) is 15.9. The van der Waals surface area contributed by atoms with Gasteiger partial charge >= 0.3 is 0 Å². The predicted octanol–water partition coefficient (Wildman–Crippen LogP) is 2.29. The van der Waals surface area contributed by atoms with Crippen molar-refractivity contribution in [2.75, 3.05) is 25.6 Å². The number of anilines is 2. The molecule has 0 radical (unpaired) electrons. The van der Waals surface area contributed by atoms with Crippen LogP contribution < -0.4 is 10.6 Å². The minimum Gasteiger partial charge on any atom is -0.385 e. The van der Waals surface area contributed by atoms with Crippen molar-refractivity contribution in [1.82, 2.24) is 15.3 Å². The molecule has 0 fully saturated rings. The van der Waals surface area contributed by atoms with E-state index in [2.05, 4.69) is 20.6 Å². The molecule has 0 saturated heterocycles. The lowest BCUT2D eigenvalue weighted by molar-refractivity contribution is 0.0943. The van der Waals surface area contributed by atoms with Crippen LogP contribution in [-0.2, 0) is 4.74 Å². The number of aromatic nitrogens is 2. The lowest BCUT2D eigenvalue weighted by atomic mass is 10.2. The van der Waals surface area contributed by atoms with Gasteiger partial charge in [-0.15, -0.1) is 0 Å². The van der Waals surface area contributed by atoms with E-state index in [9.17, 15) is 4.79 Å². The first-order valence-electron chi connectivity index (χ1n) is 7.13. The van der Waals surface area contributed by atoms with Gasteiger partial charge in [0.2, 0.25) is 5.95 Å². The summed E-state index contributed by atoms with van der Waals surface area (Å²) in [5.41, 5.74) is 2.39. The Balaban J connectivity index is 1.97. The van der Waals surface area contributed by atoms with E-state index >= 15 is 0 Å². The van der Waals surface area contributed by atoms with E-state index in [-0.39, 0.29) is 5.91 Å². The summed E-state index contributed by atoms with van der Waals surface area (Å²) in [5.74, 6) is 0.179. The third-order valence-electron chi connectivity index (χ3n) is 3.01. The summed E-state index contributed by atoms with van der Waals surface area (Å²) in [6.45, 7) is 3.19. The lowest BCUT2D eigenvalue weighted by Gasteiger charge is -2.07. The molecular weight excluding hydrogens is 280 g/mol. The van der Waals surface area contributed by atoms with Crippen molar-refractivity contribution < 1.29 is 9.53 Å². The maximum absolute atomic E-state index is 12.0. The number of nitrogens with one attached hydrogen (secondary N) is 2. The van der Waals surface area contributed by atoms with E-state index in [0.717, 1.165) is 12.1 Å². The zero-order valence-electron chi connectivity index (χ0n) is 12.8.